The van der Waals surface area contributed by atoms with Crippen LogP contribution in [0.5, 0.6) is 11.5 Å². The van der Waals surface area contributed by atoms with Crippen LogP contribution in [0.3, 0.4) is 0 Å². The second kappa shape index (κ2) is 6.00. The van der Waals surface area contributed by atoms with Gasteiger partial charge in [-0.1, -0.05) is 45.0 Å². The van der Waals surface area contributed by atoms with E-state index in [1.54, 1.807) is 6.07 Å². The summed E-state index contributed by atoms with van der Waals surface area (Å²) in [5.41, 5.74) is 4.58. The zero-order valence-corrected chi connectivity index (χ0v) is 12.4. The van der Waals surface area contributed by atoms with E-state index >= 15 is 0 Å². The molecule has 106 valence electrons. The molecule has 2 heteroatoms. The third kappa shape index (κ3) is 2.51. The summed E-state index contributed by atoms with van der Waals surface area (Å²) < 4.78 is 0. The topological polar surface area (TPSA) is 40.5 Å². The van der Waals surface area contributed by atoms with E-state index in [0.29, 0.717) is 5.56 Å². The van der Waals surface area contributed by atoms with Crippen LogP contribution in [0.25, 0.3) is 11.1 Å². The average Bonchev–Trinajstić information content (AvgIpc) is 2.47. The van der Waals surface area contributed by atoms with Gasteiger partial charge in [-0.2, -0.15) is 0 Å². The molecule has 0 bridgehead atoms. The highest BCUT2D eigenvalue weighted by molar-refractivity contribution is 5.78. The third-order valence-corrected chi connectivity index (χ3v) is 3.86. The van der Waals surface area contributed by atoms with E-state index < -0.39 is 0 Å². The van der Waals surface area contributed by atoms with Crippen molar-refractivity contribution in [2.75, 3.05) is 0 Å². The van der Waals surface area contributed by atoms with Gasteiger partial charge in [-0.05, 0) is 47.6 Å². The molecule has 2 aromatic carbocycles. The minimum absolute atomic E-state index is 0.154. The van der Waals surface area contributed by atoms with Gasteiger partial charge in [0.15, 0.2) is 0 Å². The number of aryl methyl sites for hydroxylation is 2. The summed E-state index contributed by atoms with van der Waals surface area (Å²) in [4.78, 5) is 0. The lowest BCUT2D eigenvalue weighted by Crippen LogP contribution is -1.95. The molecule has 2 nitrogen and oxygen atoms in total. The molecule has 2 aromatic rings. The van der Waals surface area contributed by atoms with Gasteiger partial charge >= 0.3 is 0 Å². The first-order valence-corrected chi connectivity index (χ1v) is 7.28. The van der Waals surface area contributed by atoms with Crippen LogP contribution in [0.2, 0.25) is 0 Å². The van der Waals surface area contributed by atoms with Crippen molar-refractivity contribution >= 4 is 0 Å². The van der Waals surface area contributed by atoms with Gasteiger partial charge in [0.05, 0.1) is 5.56 Å². The monoisotopic (exact) mass is 270 g/mol. The number of aromatic hydroxyl groups is 2. The van der Waals surface area contributed by atoms with Gasteiger partial charge in [0.25, 0.3) is 0 Å². The van der Waals surface area contributed by atoms with E-state index in [-0.39, 0.29) is 11.5 Å². The standard InChI is InChI=1S/C18H22O2/c1-4-12-7-9-14(10-8-12)17-16(19)11-13(5-2)15(6-3)18(17)20/h7-11,19-20H,4-6H2,1-3H3. The Hall–Kier alpha value is -1.96. The predicted octanol–water partition coefficient (Wildman–Crippen LogP) is 4.45. The summed E-state index contributed by atoms with van der Waals surface area (Å²) in [5.74, 6) is 0.370. The van der Waals surface area contributed by atoms with Gasteiger partial charge in [-0.25, -0.2) is 0 Å². The maximum Gasteiger partial charge on any atom is 0.130 e. The van der Waals surface area contributed by atoms with Crippen molar-refractivity contribution in [2.24, 2.45) is 0 Å². The van der Waals surface area contributed by atoms with E-state index in [2.05, 4.69) is 6.92 Å². The molecule has 0 saturated carbocycles. The molecular weight excluding hydrogens is 248 g/mol. The van der Waals surface area contributed by atoms with E-state index in [0.717, 1.165) is 36.0 Å². The molecule has 0 fully saturated rings. The fraction of sp³-hybridized carbons (Fsp3) is 0.333. The molecule has 0 radical (unpaired) electrons. The summed E-state index contributed by atoms with van der Waals surface area (Å²) in [6, 6.07) is 9.76. The fourth-order valence-electron chi connectivity index (χ4n) is 2.65. The van der Waals surface area contributed by atoms with Crippen molar-refractivity contribution in [3.05, 3.63) is 47.0 Å². The molecule has 0 spiro atoms. The van der Waals surface area contributed by atoms with Crippen LogP contribution >= 0.6 is 0 Å². The maximum atomic E-state index is 10.5. The van der Waals surface area contributed by atoms with Crippen LogP contribution < -0.4 is 0 Å². The Morgan fingerprint density at radius 1 is 0.850 bits per heavy atom. The molecule has 0 aliphatic heterocycles. The second-order valence-electron chi connectivity index (χ2n) is 5.01. The lowest BCUT2D eigenvalue weighted by molar-refractivity contribution is 0.448. The minimum atomic E-state index is 0.154. The molecule has 0 amide bonds. The van der Waals surface area contributed by atoms with Gasteiger partial charge in [0.1, 0.15) is 11.5 Å². The normalized spacial score (nSPS) is 10.8. The molecule has 2 rings (SSSR count). The smallest absolute Gasteiger partial charge is 0.130 e. The fourth-order valence-corrected chi connectivity index (χ4v) is 2.65. The van der Waals surface area contributed by atoms with Crippen LogP contribution in [0.4, 0.5) is 0 Å². The Bertz CT molecular complexity index is 598. The quantitative estimate of drug-likeness (QED) is 0.861. The first kappa shape index (κ1) is 14.4. The summed E-state index contributed by atoms with van der Waals surface area (Å²) in [6.45, 7) is 6.16. The van der Waals surface area contributed by atoms with Gasteiger partial charge in [0, 0.05) is 0 Å². The molecule has 0 atom stereocenters. The molecule has 0 aliphatic carbocycles. The van der Waals surface area contributed by atoms with Crippen LogP contribution in [0.15, 0.2) is 30.3 Å². The summed E-state index contributed by atoms with van der Waals surface area (Å²) in [5, 5.41) is 20.7. The zero-order valence-electron chi connectivity index (χ0n) is 12.4. The summed E-state index contributed by atoms with van der Waals surface area (Å²) in [7, 11) is 0. The molecule has 2 N–H and O–H groups in total. The average molecular weight is 270 g/mol. The summed E-state index contributed by atoms with van der Waals surface area (Å²) >= 11 is 0. The molecule has 0 aliphatic rings. The molecule has 0 heterocycles. The maximum absolute atomic E-state index is 10.5. The molecule has 0 aromatic heterocycles. The Morgan fingerprint density at radius 3 is 2.00 bits per heavy atom. The largest absolute Gasteiger partial charge is 0.507 e. The van der Waals surface area contributed by atoms with Crippen molar-refractivity contribution in [2.45, 2.75) is 40.0 Å². The second-order valence-corrected chi connectivity index (χ2v) is 5.01. The van der Waals surface area contributed by atoms with Crippen molar-refractivity contribution < 1.29 is 10.2 Å². The first-order chi connectivity index (χ1) is 9.62. The number of hydrogen-bond acceptors (Lipinski definition) is 2. The zero-order chi connectivity index (χ0) is 14.7. The molecule has 0 unspecified atom stereocenters. The van der Waals surface area contributed by atoms with Crippen molar-refractivity contribution in [3.8, 4) is 22.6 Å². The van der Waals surface area contributed by atoms with Crippen molar-refractivity contribution in [1.29, 1.82) is 0 Å². The lowest BCUT2D eigenvalue weighted by atomic mass is 9.93. The Labute approximate surface area is 120 Å². The van der Waals surface area contributed by atoms with Crippen LogP contribution in [-0.2, 0) is 19.3 Å². The number of benzene rings is 2. The number of phenolic OH excluding ortho intramolecular Hbond substituents is 2. The SMILES string of the molecule is CCc1ccc(-c2c(O)cc(CC)c(CC)c2O)cc1. The Morgan fingerprint density at radius 2 is 1.50 bits per heavy atom. The first-order valence-electron chi connectivity index (χ1n) is 7.28. The number of phenols is 2. The highest BCUT2D eigenvalue weighted by Gasteiger charge is 2.16. The van der Waals surface area contributed by atoms with Gasteiger partial charge in [-0.3, -0.25) is 0 Å². The van der Waals surface area contributed by atoms with Crippen LogP contribution in [0.1, 0.15) is 37.5 Å². The van der Waals surface area contributed by atoms with Crippen molar-refractivity contribution in [3.63, 3.8) is 0 Å². The highest BCUT2D eigenvalue weighted by Crippen LogP contribution is 2.41. The molecule has 20 heavy (non-hydrogen) atoms. The van der Waals surface area contributed by atoms with E-state index in [4.69, 9.17) is 0 Å². The predicted molar refractivity (Wildman–Crippen MR) is 83.3 cm³/mol. The minimum Gasteiger partial charge on any atom is -0.507 e. The van der Waals surface area contributed by atoms with Gasteiger partial charge in [-0.15, -0.1) is 0 Å². The van der Waals surface area contributed by atoms with Crippen LogP contribution in [0, 0.1) is 0 Å². The summed E-state index contributed by atoms with van der Waals surface area (Å²) in [6.07, 6.45) is 2.54. The van der Waals surface area contributed by atoms with E-state index in [1.807, 2.05) is 38.1 Å². The lowest BCUT2D eigenvalue weighted by Gasteiger charge is -2.15. The Kier molecular flexibility index (Phi) is 4.33. The number of hydrogen-bond donors (Lipinski definition) is 2. The third-order valence-electron chi connectivity index (χ3n) is 3.86. The van der Waals surface area contributed by atoms with Crippen LogP contribution in [-0.4, -0.2) is 10.2 Å². The van der Waals surface area contributed by atoms with Gasteiger partial charge < -0.3 is 10.2 Å². The van der Waals surface area contributed by atoms with E-state index in [1.165, 1.54) is 5.56 Å². The molecular formula is C18H22O2. The van der Waals surface area contributed by atoms with Gasteiger partial charge in [0.2, 0.25) is 0 Å². The Balaban J connectivity index is 2.60. The highest BCUT2D eigenvalue weighted by atomic mass is 16.3. The van der Waals surface area contributed by atoms with Crippen molar-refractivity contribution in [1.82, 2.24) is 0 Å². The van der Waals surface area contributed by atoms with E-state index in [9.17, 15) is 10.2 Å². The molecule has 0 saturated heterocycles. The number of rotatable bonds is 4.